The highest BCUT2D eigenvalue weighted by Crippen LogP contribution is 2.22. The maximum absolute atomic E-state index is 13.6. The van der Waals surface area contributed by atoms with Gasteiger partial charge in [-0.3, -0.25) is 14.9 Å². The number of carbonyl (C=O) groups is 1. The molecular formula is C14H10BrFN2O3. The summed E-state index contributed by atoms with van der Waals surface area (Å²) in [4.78, 5) is 22.1. The number of amides is 1. The second kappa shape index (κ2) is 6.01. The van der Waals surface area contributed by atoms with E-state index < -0.39 is 16.6 Å². The van der Waals surface area contributed by atoms with Gasteiger partial charge in [0.2, 0.25) is 0 Å². The number of nitro benzene ring substituents is 1. The van der Waals surface area contributed by atoms with Gasteiger partial charge >= 0.3 is 0 Å². The van der Waals surface area contributed by atoms with Crippen LogP contribution in [0.15, 0.2) is 40.9 Å². The Labute approximate surface area is 128 Å². The van der Waals surface area contributed by atoms with Crippen molar-refractivity contribution in [3.8, 4) is 0 Å². The van der Waals surface area contributed by atoms with Crippen LogP contribution >= 0.6 is 15.9 Å². The van der Waals surface area contributed by atoms with Crippen LogP contribution in [0.25, 0.3) is 0 Å². The number of benzene rings is 2. The fraction of sp³-hybridized carbons (Fsp3) is 0.0714. The zero-order valence-corrected chi connectivity index (χ0v) is 12.5. The van der Waals surface area contributed by atoms with Crippen molar-refractivity contribution < 1.29 is 14.1 Å². The maximum atomic E-state index is 13.6. The molecular weight excluding hydrogens is 343 g/mol. The molecule has 0 heterocycles. The normalized spacial score (nSPS) is 10.2. The molecule has 0 saturated heterocycles. The Morgan fingerprint density at radius 1 is 1.29 bits per heavy atom. The molecule has 2 aromatic carbocycles. The molecule has 0 fully saturated rings. The summed E-state index contributed by atoms with van der Waals surface area (Å²) in [6.07, 6.45) is 0. The molecule has 0 aliphatic rings. The fourth-order valence-corrected chi connectivity index (χ4v) is 2.39. The van der Waals surface area contributed by atoms with Gasteiger partial charge < -0.3 is 5.32 Å². The van der Waals surface area contributed by atoms with Crippen LogP contribution in [0, 0.1) is 22.9 Å². The van der Waals surface area contributed by atoms with Crippen molar-refractivity contribution >= 4 is 33.2 Å². The number of nitrogens with zero attached hydrogens (tertiary/aromatic N) is 1. The summed E-state index contributed by atoms with van der Waals surface area (Å²) in [5.74, 6) is -1.28. The Kier molecular flexibility index (Phi) is 4.32. The molecule has 5 nitrogen and oxygen atoms in total. The van der Waals surface area contributed by atoms with Gasteiger partial charge in [0.1, 0.15) is 5.82 Å². The number of rotatable bonds is 3. The summed E-state index contributed by atoms with van der Waals surface area (Å²) in [5.41, 5.74) is 0.658. The number of non-ortho nitro benzene ring substituents is 1. The minimum Gasteiger partial charge on any atom is -0.319 e. The topological polar surface area (TPSA) is 72.2 Å². The number of aryl methyl sites for hydroxylation is 1. The monoisotopic (exact) mass is 352 g/mol. The van der Waals surface area contributed by atoms with Crippen LogP contribution in [-0.2, 0) is 0 Å². The van der Waals surface area contributed by atoms with Gasteiger partial charge in [0, 0.05) is 22.2 Å². The van der Waals surface area contributed by atoms with E-state index in [0.717, 1.165) is 23.8 Å². The van der Waals surface area contributed by atoms with Crippen molar-refractivity contribution in [1.29, 1.82) is 0 Å². The average Bonchev–Trinajstić information content (AvgIpc) is 2.39. The number of hydrogen-bond acceptors (Lipinski definition) is 3. The minimum atomic E-state index is -0.735. The third-order valence-electron chi connectivity index (χ3n) is 2.71. The molecule has 0 aliphatic heterocycles. The van der Waals surface area contributed by atoms with E-state index in [9.17, 15) is 19.3 Å². The van der Waals surface area contributed by atoms with Crippen LogP contribution in [-0.4, -0.2) is 10.8 Å². The number of nitro groups is 1. The van der Waals surface area contributed by atoms with Gasteiger partial charge in [0.25, 0.3) is 11.6 Å². The predicted octanol–water partition coefficient (Wildman–Crippen LogP) is 4.06. The molecule has 2 rings (SSSR count). The molecule has 0 aromatic heterocycles. The summed E-state index contributed by atoms with van der Waals surface area (Å²) in [6, 6.07) is 8.00. The second-order valence-corrected chi connectivity index (χ2v) is 5.31. The van der Waals surface area contributed by atoms with E-state index in [1.807, 2.05) is 13.0 Å². The van der Waals surface area contributed by atoms with Gasteiger partial charge in [-0.25, -0.2) is 4.39 Å². The van der Waals surface area contributed by atoms with E-state index in [-0.39, 0.29) is 11.4 Å². The summed E-state index contributed by atoms with van der Waals surface area (Å²) in [6.45, 7) is 1.81. The number of halogens is 2. The molecule has 21 heavy (non-hydrogen) atoms. The van der Waals surface area contributed by atoms with E-state index in [1.165, 1.54) is 0 Å². The molecule has 0 saturated carbocycles. The van der Waals surface area contributed by atoms with Crippen LogP contribution in [0.4, 0.5) is 15.8 Å². The molecule has 1 N–H and O–H groups in total. The minimum absolute atomic E-state index is 0.230. The van der Waals surface area contributed by atoms with Gasteiger partial charge in [-0.05, 0) is 36.8 Å². The van der Waals surface area contributed by atoms with E-state index in [2.05, 4.69) is 21.2 Å². The van der Waals surface area contributed by atoms with E-state index in [1.54, 1.807) is 12.1 Å². The summed E-state index contributed by atoms with van der Waals surface area (Å²) in [7, 11) is 0. The van der Waals surface area contributed by atoms with Crippen LogP contribution in [0.5, 0.6) is 0 Å². The standard InChI is InChI=1S/C14H10BrFN2O3/c1-8-4-9(6-10(15)5-8)14(19)17-13-7-11(18(20)21)2-3-12(13)16/h2-7H,1H3,(H,17,19). The van der Waals surface area contributed by atoms with Gasteiger partial charge in [-0.2, -0.15) is 0 Å². The van der Waals surface area contributed by atoms with Gasteiger partial charge in [0.05, 0.1) is 10.6 Å². The first kappa shape index (κ1) is 15.1. The molecule has 2 aromatic rings. The summed E-state index contributed by atoms with van der Waals surface area (Å²) < 4.78 is 14.3. The fourth-order valence-electron chi connectivity index (χ4n) is 1.78. The quantitative estimate of drug-likeness (QED) is 0.668. The lowest BCUT2D eigenvalue weighted by atomic mass is 10.1. The molecule has 0 aliphatic carbocycles. The second-order valence-electron chi connectivity index (χ2n) is 4.39. The average molecular weight is 353 g/mol. The first-order valence-electron chi connectivity index (χ1n) is 5.89. The Bertz CT molecular complexity index is 714. The van der Waals surface area contributed by atoms with E-state index in [4.69, 9.17) is 0 Å². The van der Waals surface area contributed by atoms with Crippen LogP contribution in [0.2, 0.25) is 0 Å². The molecule has 0 atom stereocenters. The Morgan fingerprint density at radius 2 is 2.00 bits per heavy atom. The zero-order valence-electron chi connectivity index (χ0n) is 10.9. The highest BCUT2D eigenvalue weighted by molar-refractivity contribution is 9.10. The van der Waals surface area contributed by atoms with Crippen molar-refractivity contribution in [3.05, 3.63) is 67.9 Å². The third kappa shape index (κ3) is 3.63. The Hall–Kier alpha value is -2.28. The van der Waals surface area contributed by atoms with Crippen molar-refractivity contribution in [2.45, 2.75) is 6.92 Å². The molecule has 0 bridgehead atoms. The first-order chi connectivity index (χ1) is 9.86. The van der Waals surface area contributed by atoms with Gasteiger partial charge in [0.15, 0.2) is 0 Å². The zero-order chi connectivity index (χ0) is 15.6. The molecule has 0 unspecified atom stereocenters. The SMILES string of the molecule is Cc1cc(Br)cc(C(=O)Nc2cc([N+](=O)[O-])ccc2F)c1. The Balaban J connectivity index is 2.31. The number of nitrogens with one attached hydrogen (secondary N) is 1. The number of anilines is 1. The number of hydrogen-bond donors (Lipinski definition) is 1. The lowest BCUT2D eigenvalue weighted by Gasteiger charge is -2.07. The lowest BCUT2D eigenvalue weighted by Crippen LogP contribution is -2.13. The Morgan fingerprint density at radius 3 is 2.62 bits per heavy atom. The van der Waals surface area contributed by atoms with Crippen molar-refractivity contribution in [2.24, 2.45) is 0 Å². The first-order valence-corrected chi connectivity index (χ1v) is 6.68. The molecule has 7 heteroatoms. The molecule has 0 spiro atoms. The highest BCUT2D eigenvalue weighted by atomic mass is 79.9. The maximum Gasteiger partial charge on any atom is 0.271 e. The lowest BCUT2D eigenvalue weighted by molar-refractivity contribution is -0.384. The van der Waals surface area contributed by atoms with E-state index in [0.29, 0.717) is 10.0 Å². The molecule has 108 valence electrons. The van der Waals surface area contributed by atoms with Crippen LogP contribution < -0.4 is 5.32 Å². The summed E-state index contributed by atoms with van der Waals surface area (Å²) >= 11 is 3.27. The third-order valence-corrected chi connectivity index (χ3v) is 3.17. The van der Waals surface area contributed by atoms with Crippen LogP contribution in [0.1, 0.15) is 15.9 Å². The smallest absolute Gasteiger partial charge is 0.271 e. The van der Waals surface area contributed by atoms with Crippen molar-refractivity contribution in [3.63, 3.8) is 0 Å². The predicted molar refractivity (Wildman–Crippen MR) is 79.9 cm³/mol. The largest absolute Gasteiger partial charge is 0.319 e. The van der Waals surface area contributed by atoms with Gasteiger partial charge in [-0.1, -0.05) is 15.9 Å². The van der Waals surface area contributed by atoms with Crippen molar-refractivity contribution in [1.82, 2.24) is 0 Å². The van der Waals surface area contributed by atoms with Gasteiger partial charge in [-0.15, -0.1) is 0 Å². The van der Waals surface area contributed by atoms with Crippen LogP contribution in [0.3, 0.4) is 0 Å². The van der Waals surface area contributed by atoms with E-state index >= 15 is 0 Å². The number of carbonyl (C=O) groups excluding carboxylic acids is 1. The molecule has 1 amide bonds. The summed E-state index contributed by atoms with van der Waals surface area (Å²) in [5, 5.41) is 13.0. The van der Waals surface area contributed by atoms with Crippen molar-refractivity contribution in [2.75, 3.05) is 5.32 Å². The highest BCUT2D eigenvalue weighted by Gasteiger charge is 2.14. The molecule has 0 radical (unpaired) electrons.